The molecule has 1 aromatic heterocycles. The first-order valence-electron chi connectivity index (χ1n) is 5.35. The number of carbonyl (C=O) groups is 1. The van der Waals surface area contributed by atoms with Gasteiger partial charge in [-0.3, -0.25) is 9.48 Å². The lowest BCUT2D eigenvalue weighted by atomic mass is 10.2. The normalized spacial score (nSPS) is 14.6. The maximum absolute atomic E-state index is 11.9. The number of aromatic nitrogens is 2. The fourth-order valence-corrected chi connectivity index (χ4v) is 1.93. The van der Waals surface area contributed by atoms with Crippen molar-refractivity contribution in [3.8, 4) is 0 Å². The summed E-state index contributed by atoms with van der Waals surface area (Å²) in [6.45, 7) is 5.72. The Balaban J connectivity index is 2.62. The van der Waals surface area contributed by atoms with Crippen molar-refractivity contribution < 1.29 is 4.79 Å². The van der Waals surface area contributed by atoms with Crippen LogP contribution in [0.5, 0.6) is 0 Å². The molecule has 1 rings (SSSR count). The van der Waals surface area contributed by atoms with Crippen LogP contribution < -0.4 is 5.32 Å². The zero-order valence-electron chi connectivity index (χ0n) is 10.1. The van der Waals surface area contributed by atoms with Crippen molar-refractivity contribution in [2.75, 3.05) is 0 Å². The van der Waals surface area contributed by atoms with Crippen LogP contribution >= 0.6 is 11.6 Å². The Bertz CT molecular complexity index is 373. The van der Waals surface area contributed by atoms with E-state index in [9.17, 15) is 4.79 Å². The topological polar surface area (TPSA) is 46.9 Å². The second-order valence-corrected chi connectivity index (χ2v) is 4.93. The van der Waals surface area contributed by atoms with Crippen LogP contribution in [0, 0.1) is 6.92 Å². The molecule has 1 N–H and O–H groups in total. The van der Waals surface area contributed by atoms with E-state index < -0.39 is 0 Å². The van der Waals surface area contributed by atoms with Crippen molar-refractivity contribution in [2.24, 2.45) is 7.05 Å². The highest BCUT2D eigenvalue weighted by atomic mass is 35.5. The number of halogens is 1. The van der Waals surface area contributed by atoms with Crippen molar-refractivity contribution in [3.63, 3.8) is 0 Å². The Morgan fingerprint density at radius 1 is 1.62 bits per heavy atom. The van der Waals surface area contributed by atoms with Gasteiger partial charge in [0.1, 0.15) is 5.69 Å². The summed E-state index contributed by atoms with van der Waals surface area (Å²) in [6.07, 6.45) is 0.754. The molecule has 1 amide bonds. The van der Waals surface area contributed by atoms with Gasteiger partial charge in [0.2, 0.25) is 0 Å². The highest BCUT2D eigenvalue weighted by Gasteiger charge is 2.15. The van der Waals surface area contributed by atoms with Crippen LogP contribution in [-0.4, -0.2) is 27.1 Å². The molecule has 0 aliphatic carbocycles. The third-order valence-electron chi connectivity index (χ3n) is 2.29. The number of rotatable bonds is 4. The van der Waals surface area contributed by atoms with Crippen LogP contribution in [0.15, 0.2) is 6.07 Å². The van der Waals surface area contributed by atoms with Crippen LogP contribution in [0.2, 0.25) is 0 Å². The number of nitrogens with zero attached hydrogens (tertiary/aromatic N) is 2. The Morgan fingerprint density at radius 3 is 2.69 bits per heavy atom. The van der Waals surface area contributed by atoms with Crippen molar-refractivity contribution in [1.29, 1.82) is 0 Å². The van der Waals surface area contributed by atoms with Crippen LogP contribution in [0.1, 0.15) is 36.5 Å². The van der Waals surface area contributed by atoms with E-state index in [1.54, 1.807) is 17.8 Å². The van der Waals surface area contributed by atoms with Gasteiger partial charge < -0.3 is 5.32 Å². The van der Waals surface area contributed by atoms with Crippen LogP contribution in [0.3, 0.4) is 0 Å². The largest absolute Gasteiger partial charge is 0.348 e. The molecule has 1 aromatic rings. The lowest BCUT2D eigenvalue weighted by Crippen LogP contribution is -2.35. The third kappa shape index (κ3) is 3.52. The Morgan fingerprint density at radius 2 is 2.25 bits per heavy atom. The molecule has 2 atom stereocenters. The summed E-state index contributed by atoms with van der Waals surface area (Å²) < 4.78 is 1.58. The van der Waals surface area contributed by atoms with Gasteiger partial charge in [0, 0.05) is 18.5 Å². The minimum absolute atomic E-state index is 0.0589. The fourth-order valence-electron chi connectivity index (χ4n) is 1.67. The van der Waals surface area contributed by atoms with Gasteiger partial charge in [0.25, 0.3) is 5.91 Å². The fraction of sp³-hybridized carbons (Fsp3) is 0.636. The second-order valence-electron chi connectivity index (χ2n) is 4.19. The molecule has 0 spiro atoms. The number of aryl methyl sites for hydroxylation is 2. The van der Waals surface area contributed by atoms with Crippen molar-refractivity contribution in [2.45, 2.75) is 38.6 Å². The number of nitrogens with one attached hydrogen (secondary N) is 1. The molecule has 0 aliphatic rings. The molecule has 4 nitrogen and oxygen atoms in total. The molecule has 2 unspecified atom stereocenters. The summed E-state index contributed by atoms with van der Waals surface area (Å²) in [6, 6.07) is 1.84. The van der Waals surface area contributed by atoms with Gasteiger partial charge in [-0.25, -0.2) is 0 Å². The molecule has 0 bridgehead atoms. The first-order chi connectivity index (χ1) is 7.40. The van der Waals surface area contributed by atoms with Gasteiger partial charge in [0.15, 0.2) is 0 Å². The molecule has 5 heteroatoms. The molecule has 0 radical (unpaired) electrons. The van der Waals surface area contributed by atoms with Crippen LogP contribution in [0.4, 0.5) is 0 Å². The Hall–Kier alpha value is -1.03. The minimum atomic E-state index is -0.104. The molecule has 16 heavy (non-hydrogen) atoms. The average molecular weight is 244 g/mol. The van der Waals surface area contributed by atoms with Crippen LogP contribution in [0.25, 0.3) is 0 Å². The SMILES string of the molecule is Cc1cc(C(=O)NC(C)CC(C)Cl)n(C)n1. The maximum atomic E-state index is 11.9. The summed E-state index contributed by atoms with van der Waals surface area (Å²) >= 11 is 5.87. The monoisotopic (exact) mass is 243 g/mol. The van der Waals surface area contributed by atoms with E-state index in [0.29, 0.717) is 5.69 Å². The Labute approximate surface area is 101 Å². The maximum Gasteiger partial charge on any atom is 0.269 e. The molecule has 1 heterocycles. The number of alkyl halides is 1. The number of hydrogen-bond acceptors (Lipinski definition) is 2. The Kier molecular flexibility index (Phi) is 4.35. The van der Waals surface area contributed by atoms with Gasteiger partial charge in [-0.1, -0.05) is 0 Å². The smallest absolute Gasteiger partial charge is 0.269 e. The molecule has 0 aliphatic heterocycles. The van der Waals surface area contributed by atoms with Gasteiger partial charge in [0.05, 0.1) is 5.69 Å². The quantitative estimate of drug-likeness (QED) is 0.821. The predicted octanol–water partition coefficient (Wildman–Crippen LogP) is 1.86. The van der Waals surface area contributed by atoms with E-state index in [1.165, 1.54) is 0 Å². The summed E-state index contributed by atoms with van der Waals surface area (Å²) in [5.41, 5.74) is 1.41. The van der Waals surface area contributed by atoms with Gasteiger partial charge in [-0.15, -0.1) is 11.6 Å². The molecular formula is C11H18ClN3O. The average Bonchev–Trinajstić information content (AvgIpc) is 2.43. The number of carbonyl (C=O) groups excluding carboxylic acids is 1. The highest BCUT2D eigenvalue weighted by Crippen LogP contribution is 2.06. The zero-order valence-corrected chi connectivity index (χ0v) is 10.9. The van der Waals surface area contributed by atoms with Crippen LogP contribution in [-0.2, 0) is 7.05 Å². The van der Waals surface area contributed by atoms with E-state index in [1.807, 2.05) is 20.8 Å². The van der Waals surface area contributed by atoms with E-state index in [-0.39, 0.29) is 17.3 Å². The molecule has 90 valence electrons. The van der Waals surface area contributed by atoms with Gasteiger partial charge in [-0.2, -0.15) is 5.10 Å². The molecule has 0 saturated heterocycles. The number of amides is 1. The van der Waals surface area contributed by atoms with E-state index in [2.05, 4.69) is 10.4 Å². The molecule has 0 aromatic carbocycles. The third-order valence-corrected chi connectivity index (χ3v) is 2.47. The van der Waals surface area contributed by atoms with Crippen molar-refractivity contribution in [3.05, 3.63) is 17.5 Å². The first kappa shape index (κ1) is 13.0. The van der Waals surface area contributed by atoms with Crippen molar-refractivity contribution >= 4 is 17.5 Å². The van der Waals surface area contributed by atoms with Gasteiger partial charge in [-0.05, 0) is 33.3 Å². The standard InChI is InChI=1S/C11H18ClN3O/c1-7(12)5-8(2)13-11(16)10-6-9(3)14-15(10)4/h6-8H,5H2,1-4H3,(H,13,16). The lowest BCUT2D eigenvalue weighted by molar-refractivity contribution is 0.0929. The number of hydrogen-bond donors (Lipinski definition) is 1. The molecule has 0 saturated carbocycles. The van der Waals surface area contributed by atoms with Gasteiger partial charge >= 0.3 is 0 Å². The van der Waals surface area contributed by atoms with E-state index >= 15 is 0 Å². The summed E-state index contributed by atoms with van der Waals surface area (Å²) in [4.78, 5) is 11.9. The summed E-state index contributed by atoms with van der Waals surface area (Å²) in [5, 5.41) is 7.09. The minimum Gasteiger partial charge on any atom is -0.348 e. The first-order valence-corrected chi connectivity index (χ1v) is 5.79. The van der Waals surface area contributed by atoms with Crippen molar-refractivity contribution in [1.82, 2.24) is 15.1 Å². The van der Waals surface area contributed by atoms with E-state index in [0.717, 1.165) is 12.1 Å². The zero-order chi connectivity index (χ0) is 12.3. The predicted molar refractivity (Wildman–Crippen MR) is 64.8 cm³/mol. The molecule has 0 fully saturated rings. The highest BCUT2D eigenvalue weighted by molar-refractivity contribution is 6.20. The molecular weight excluding hydrogens is 226 g/mol. The summed E-state index contributed by atoms with van der Waals surface area (Å²) in [7, 11) is 1.76. The second kappa shape index (κ2) is 5.34. The van der Waals surface area contributed by atoms with E-state index in [4.69, 9.17) is 11.6 Å². The summed E-state index contributed by atoms with van der Waals surface area (Å²) in [5.74, 6) is -0.104. The lowest BCUT2D eigenvalue weighted by Gasteiger charge is -2.14.